The molecule has 0 spiro atoms. The van der Waals surface area contributed by atoms with Crippen molar-refractivity contribution in [3.63, 3.8) is 0 Å². The molecule has 0 aliphatic rings. The van der Waals surface area contributed by atoms with Crippen molar-refractivity contribution < 1.29 is 4.84 Å². The molecule has 0 bridgehead atoms. The van der Waals surface area contributed by atoms with Gasteiger partial charge in [0.2, 0.25) is 0 Å². The number of benzene rings is 1. The van der Waals surface area contributed by atoms with Gasteiger partial charge < -0.3 is 4.98 Å². The summed E-state index contributed by atoms with van der Waals surface area (Å²) in [5.41, 5.74) is 3.69. The Morgan fingerprint density at radius 3 is 3.14 bits per heavy atom. The van der Waals surface area contributed by atoms with Crippen LogP contribution in [0.3, 0.4) is 0 Å². The van der Waals surface area contributed by atoms with Crippen LogP contribution < -0.4 is 11.0 Å². The summed E-state index contributed by atoms with van der Waals surface area (Å²) in [5, 5.41) is 0.497. The number of hydrogen-bond acceptors (Lipinski definition) is 4. The van der Waals surface area contributed by atoms with E-state index in [1.54, 1.807) is 18.2 Å². The number of anilines is 1. The van der Waals surface area contributed by atoms with E-state index in [1.807, 2.05) is 0 Å². The first kappa shape index (κ1) is 8.71. The van der Waals surface area contributed by atoms with Gasteiger partial charge in [0.15, 0.2) is 0 Å². The SMILES string of the molecule is CONc1cccc2nc[nH]c(=O)c12. The second kappa shape index (κ2) is 3.47. The number of aromatic nitrogens is 2. The van der Waals surface area contributed by atoms with Crippen LogP contribution in [0.4, 0.5) is 5.69 Å². The van der Waals surface area contributed by atoms with Crippen molar-refractivity contribution in [2.24, 2.45) is 0 Å². The van der Waals surface area contributed by atoms with E-state index < -0.39 is 0 Å². The standard InChI is InChI=1S/C9H9N3O2/c1-14-12-7-4-2-3-6-8(7)9(13)11-5-10-6/h2-5,12H,1H3,(H,10,11,13). The van der Waals surface area contributed by atoms with Gasteiger partial charge in [0, 0.05) is 0 Å². The zero-order valence-corrected chi connectivity index (χ0v) is 7.57. The van der Waals surface area contributed by atoms with Gasteiger partial charge in [-0.05, 0) is 12.1 Å². The molecule has 0 unspecified atom stereocenters. The fourth-order valence-electron chi connectivity index (χ4n) is 1.31. The Bertz CT molecular complexity index is 501. The van der Waals surface area contributed by atoms with Crippen molar-refractivity contribution in [1.82, 2.24) is 9.97 Å². The first-order valence-electron chi connectivity index (χ1n) is 4.08. The number of rotatable bonds is 2. The van der Waals surface area contributed by atoms with E-state index in [4.69, 9.17) is 4.84 Å². The molecule has 0 atom stereocenters. The van der Waals surface area contributed by atoms with Crippen LogP contribution in [0.2, 0.25) is 0 Å². The molecule has 0 radical (unpaired) electrons. The third-order valence-corrected chi connectivity index (χ3v) is 1.88. The summed E-state index contributed by atoms with van der Waals surface area (Å²) in [6.45, 7) is 0. The Balaban J connectivity index is 2.77. The Labute approximate surface area is 79.7 Å². The van der Waals surface area contributed by atoms with E-state index in [0.29, 0.717) is 16.6 Å². The van der Waals surface area contributed by atoms with E-state index in [9.17, 15) is 4.79 Å². The van der Waals surface area contributed by atoms with E-state index in [2.05, 4.69) is 15.4 Å². The van der Waals surface area contributed by atoms with Crippen molar-refractivity contribution in [2.45, 2.75) is 0 Å². The largest absolute Gasteiger partial charge is 0.313 e. The Kier molecular flexibility index (Phi) is 2.16. The van der Waals surface area contributed by atoms with E-state index in [-0.39, 0.29) is 5.56 Å². The normalized spacial score (nSPS) is 10.4. The summed E-state index contributed by atoms with van der Waals surface area (Å²) < 4.78 is 0. The van der Waals surface area contributed by atoms with Gasteiger partial charge in [-0.3, -0.25) is 15.1 Å². The van der Waals surface area contributed by atoms with Crippen LogP contribution >= 0.6 is 0 Å². The van der Waals surface area contributed by atoms with Crippen molar-refractivity contribution in [2.75, 3.05) is 12.6 Å². The quantitative estimate of drug-likeness (QED) is 0.692. The topological polar surface area (TPSA) is 67.0 Å². The smallest absolute Gasteiger partial charge is 0.260 e. The highest BCUT2D eigenvalue weighted by Crippen LogP contribution is 2.16. The fourth-order valence-corrected chi connectivity index (χ4v) is 1.31. The molecule has 0 aliphatic carbocycles. The van der Waals surface area contributed by atoms with Gasteiger partial charge in [0.1, 0.15) is 0 Å². The average Bonchev–Trinajstić information content (AvgIpc) is 2.19. The fraction of sp³-hybridized carbons (Fsp3) is 0.111. The molecule has 0 saturated carbocycles. The zero-order chi connectivity index (χ0) is 9.97. The molecule has 0 amide bonds. The minimum Gasteiger partial charge on any atom is -0.313 e. The van der Waals surface area contributed by atoms with Crippen molar-refractivity contribution >= 4 is 16.6 Å². The van der Waals surface area contributed by atoms with Crippen LogP contribution in [-0.4, -0.2) is 17.1 Å². The van der Waals surface area contributed by atoms with Gasteiger partial charge in [-0.2, -0.15) is 0 Å². The van der Waals surface area contributed by atoms with Gasteiger partial charge in [0.25, 0.3) is 5.56 Å². The van der Waals surface area contributed by atoms with E-state index in [0.717, 1.165) is 0 Å². The Morgan fingerprint density at radius 1 is 1.50 bits per heavy atom. The Morgan fingerprint density at radius 2 is 2.36 bits per heavy atom. The van der Waals surface area contributed by atoms with Crippen molar-refractivity contribution in [1.29, 1.82) is 0 Å². The molecule has 0 saturated heterocycles. The maximum atomic E-state index is 11.5. The number of fused-ring (bicyclic) bond motifs is 1. The summed E-state index contributed by atoms with van der Waals surface area (Å²) in [6.07, 6.45) is 1.38. The summed E-state index contributed by atoms with van der Waals surface area (Å²) in [5.74, 6) is 0. The molecule has 72 valence electrons. The third kappa shape index (κ3) is 1.33. The third-order valence-electron chi connectivity index (χ3n) is 1.88. The van der Waals surface area contributed by atoms with Gasteiger partial charge in [-0.25, -0.2) is 4.98 Å². The van der Waals surface area contributed by atoms with E-state index in [1.165, 1.54) is 13.4 Å². The number of hydrogen-bond donors (Lipinski definition) is 2. The van der Waals surface area contributed by atoms with Gasteiger partial charge in [0.05, 0.1) is 30.0 Å². The molecule has 5 nitrogen and oxygen atoms in total. The van der Waals surface area contributed by atoms with Gasteiger partial charge in [-0.15, -0.1) is 0 Å². The number of nitrogens with one attached hydrogen (secondary N) is 2. The molecule has 1 aromatic heterocycles. The van der Waals surface area contributed by atoms with Crippen LogP contribution in [0.15, 0.2) is 29.3 Å². The molecule has 2 N–H and O–H groups in total. The van der Waals surface area contributed by atoms with Crippen LogP contribution in [0.1, 0.15) is 0 Å². The maximum absolute atomic E-state index is 11.5. The molecule has 1 aromatic carbocycles. The minimum absolute atomic E-state index is 0.185. The highest BCUT2D eigenvalue weighted by molar-refractivity contribution is 5.89. The first-order chi connectivity index (χ1) is 6.83. The van der Waals surface area contributed by atoms with Crippen LogP contribution in [0.5, 0.6) is 0 Å². The van der Waals surface area contributed by atoms with Crippen molar-refractivity contribution in [3.8, 4) is 0 Å². The molecular formula is C9H9N3O2. The Hall–Kier alpha value is -1.88. The van der Waals surface area contributed by atoms with Crippen LogP contribution in [0.25, 0.3) is 10.9 Å². The molecule has 1 heterocycles. The first-order valence-corrected chi connectivity index (χ1v) is 4.08. The van der Waals surface area contributed by atoms with E-state index >= 15 is 0 Å². The maximum Gasteiger partial charge on any atom is 0.260 e. The van der Waals surface area contributed by atoms with Crippen LogP contribution in [-0.2, 0) is 4.84 Å². The summed E-state index contributed by atoms with van der Waals surface area (Å²) in [4.78, 5) is 22.8. The highest BCUT2D eigenvalue weighted by Gasteiger charge is 2.04. The molecular weight excluding hydrogens is 182 g/mol. The number of nitrogens with zero attached hydrogens (tertiary/aromatic N) is 1. The lowest BCUT2D eigenvalue weighted by molar-refractivity contribution is 0.271. The lowest BCUT2D eigenvalue weighted by Crippen LogP contribution is -2.09. The molecule has 2 aromatic rings. The summed E-state index contributed by atoms with van der Waals surface area (Å²) >= 11 is 0. The molecule has 2 rings (SSSR count). The lowest BCUT2D eigenvalue weighted by Gasteiger charge is -2.04. The number of H-pyrrole nitrogens is 1. The zero-order valence-electron chi connectivity index (χ0n) is 7.57. The summed E-state index contributed by atoms with van der Waals surface area (Å²) in [7, 11) is 1.49. The molecule has 0 fully saturated rings. The average molecular weight is 191 g/mol. The number of aromatic amines is 1. The van der Waals surface area contributed by atoms with Crippen molar-refractivity contribution in [3.05, 3.63) is 34.9 Å². The predicted octanol–water partition coefficient (Wildman–Crippen LogP) is 0.896. The minimum atomic E-state index is -0.185. The predicted molar refractivity (Wildman–Crippen MR) is 53.0 cm³/mol. The van der Waals surface area contributed by atoms with Gasteiger partial charge in [-0.1, -0.05) is 6.07 Å². The molecule has 5 heteroatoms. The lowest BCUT2D eigenvalue weighted by atomic mass is 10.2. The van der Waals surface area contributed by atoms with Gasteiger partial charge >= 0.3 is 0 Å². The second-order valence-electron chi connectivity index (χ2n) is 2.74. The summed E-state index contributed by atoms with van der Waals surface area (Å²) in [6, 6.07) is 5.32. The monoisotopic (exact) mass is 191 g/mol. The molecule has 0 aliphatic heterocycles. The molecule has 14 heavy (non-hydrogen) atoms. The van der Waals surface area contributed by atoms with Crippen LogP contribution in [0, 0.1) is 0 Å². The second-order valence-corrected chi connectivity index (χ2v) is 2.74. The highest BCUT2D eigenvalue weighted by atomic mass is 16.6.